The largest absolute Gasteiger partial charge is 0.416 e. The second-order valence-electron chi connectivity index (χ2n) is 6.62. The van der Waals surface area contributed by atoms with E-state index >= 15 is 0 Å². The highest BCUT2D eigenvalue weighted by molar-refractivity contribution is 6.03. The highest BCUT2D eigenvalue weighted by atomic mass is 19.4. The van der Waals surface area contributed by atoms with Crippen molar-refractivity contribution in [3.05, 3.63) is 65.7 Å². The molecule has 6 heteroatoms. The van der Waals surface area contributed by atoms with Gasteiger partial charge in [-0.25, -0.2) is 0 Å². The lowest BCUT2D eigenvalue weighted by atomic mass is 9.94. The van der Waals surface area contributed by atoms with Crippen LogP contribution >= 0.6 is 0 Å². The molecule has 2 aromatic rings. The van der Waals surface area contributed by atoms with Crippen LogP contribution in [0.2, 0.25) is 0 Å². The van der Waals surface area contributed by atoms with Crippen molar-refractivity contribution in [2.24, 2.45) is 5.10 Å². The quantitative estimate of drug-likeness (QED) is 0.767. The Morgan fingerprint density at radius 1 is 1.08 bits per heavy atom. The first-order valence-electron chi connectivity index (χ1n) is 8.10. The number of rotatable bonds is 3. The minimum Gasteiger partial charge on any atom is -0.368 e. The highest BCUT2D eigenvalue weighted by Crippen LogP contribution is 2.41. The van der Waals surface area contributed by atoms with Gasteiger partial charge in [-0.2, -0.15) is 18.3 Å². The Morgan fingerprint density at radius 2 is 1.72 bits per heavy atom. The summed E-state index contributed by atoms with van der Waals surface area (Å²) in [4.78, 5) is 0. The first kappa shape index (κ1) is 16.1. The van der Waals surface area contributed by atoms with Crippen LogP contribution in [-0.2, 0) is 10.9 Å². The number of hydrogen-bond acceptors (Lipinski definition) is 3. The zero-order valence-corrected chi connectivity index (χ0v) is 13.6. The van der Waals surface area contributed by atoms with Crippen LogP contribution in [0.15, 0.2) is 59.7 Å². The highest BCUT2D eigenvalue weighted by Gasteiger charge is 2.52. The molecule has 2 heterocycles. The Kier molecular flexibility index (Phi) is 3.61. The number of anilines is 1. The third kappa shape index (κ3) is 3.02. The van der Waals surface area contributed by atoms with Crippen molar-refractivity contribution in [1.82, 2.24) is 0 Å². The van der Waals surface area contributed by atoms with Crippen molar-refractivity contribution in [2.75, 3.05) is 11.6 Å². The van der Waals surface area contributed by atoms with Gasteiger partial charge in [0.05, 0.1) is 29.6 Å². The van der Waals surface area contributed by atoms with Crippen LogP contribution in [0.4, 0.5) is 18.9 Å². The van der Waals surface area contributed by atoms with Crippen LogP contribution in [0.1, 0.15) is 24.5 Å². The van der Waals surface area contributed by atoms with Crippen LogP contribution < -0.4 is 5.01 Å². The van der Waals surface area contributed by atoms with Crippen LogP contribution in [0, 0.1) is 0 Å². The third-order valence-electron chi connectivity index (χ3n) is 4.78. The maximum absolute atomic E-state index is 12.8. The van der Waals surface area contributed by atoms with Crippen molar-refractivity contribution >= 4 is 11.4 Å². The lowest BCUT2D eigenvalue weighted by Gasteiger charge is -2.26. The van der Waals surface area contributed by atoms with E-state index in [-0.39, 0.29) is 11.6 Å². The van der Waals surface area contributed by atoms with Crippen LogP contribution in [0.3, 0.4) is 0 Å². The number of para-hydroxylation sites is 1. The Bertz CT molecular complexity index is 796. The van der Waals surface area contributed by atoms with Crippen LogP contribution in [0.5, 0.6) is 0 Å². The van der Waals surface area contributed by atoms with Crippen molar-refractivity contribution in [3.63, 3.8) is 0 Å². The summed E-state index contributed by atoms with van der Waals surface area (Å²) in [6, 6.07) is 15.0. The maximum atomic E-state index is 12.8. The van der Waals surface area contributed by atoms with E-state index in [1.165, 1.54) is 12.1 Å². The molecule has 1 fully saturated rings. The normalized spacial score (nSPS) is 25.8. The minimum atomic E-state index is -4.33. The molecule has 0 bridgehead atoms. The summed E-state index contributed by atoms with van der Waals surface area (Å²) in [6.45, 7) is 2.70. The van der Waals surface area contributed by atoms with E-state index in [1.807, 2.05) is 42.3 Å². The molecular formula is C19H17F3N2O. The molecule has 25 heavy (non-hydrogen) atoms. The summed E-state index contributed by atoms with van der Waals surface area (Å²) in [7, 11) is 0. The first-order chi connectivity index (χ1) is 11.9. The first-order valence-corrected chi connectivity index (χ1v) is 8.10. The zero-order valence-electron chi connectivity index (χ0n) is 13.6. The summed E-state index contributed by atoms with van der Waals surface area (Å²) in [6.07, 6.45) is -3.69. The fourth-order valence-corrected chi connectivity index (χ4v) is 3.14. The molecule has 1 saturated heterocycles. The van der Waals surface area contributed by atoms with Gasteiger partial charge in [0, 0.05) is 6.42 Å². The summed E-state index contributed by atoms with van der Waals surface area (Å²) in [5, 5.41) is 6.63. The average Bonchev–Trinajstić information content (AvgIpc) is 3.19. The number of halogens is 3. The van der Waals surface area contributed by atoms with Gasteiger partial charge in [-0.3, -0.25) is 5.01 Å². The molecular weight excluding hydrogens is 329 g/mol. The fraction of sp³-hybridized carbons (Fsp3) is 0.316. The van der Waals surface area contributed by atoms with Gasteiger partial charge in [0.25, 0.3) is 0 Å². The molecule has 2 atom stereocenters. The molecule has 3 nitrogen and oxygen atoms in total. The third-order valence-corrected chi connectivity index (χ3v) is 4.78. The Morgan fingerprint density at radius 3 is 2.28 bits per heavy atom. The van der Waals surface area contributed by atoms with Crippen molar-refractivity contribution < 1.29 is 17.9 Å². The fourth-order valence-electron chi connectivity index (χ4n) is 3.14. The number of hydrogen-bond donors (Lipinski definition) is 0. The van der Waals surface area contributed by atoms with Crippen LogP contribution in [0.25, 0.3) is 0 Å². The van der Waals surface area contributed by atoms with Gasteiger partial charge in [0.2, 0.25) is 0 Å². The summed E-state index contributed by atoms with van der Waals surface area (Å²) in [5.74, 6) is 0. The van der Waals surface area contributed by atoms with Gasteiger partial charge in [0.15, 0.2) is 0 Å². The standard InChI is InChI=1S/C19H17F3N2O/c1-18(12-25-18)17-11-16(23-24(17)15-5-3-2-4-6-15)13-7-9-14(10-8-13)19(20,21)22/h2-10,17H,11-12H2,1H3/t17-,18-/m1/s1. The molecule has 0 unspecified atom stereocenters. The zero-order chi connectivity index (χ0) is 17.7. The molecule has 0 spiro atoms. The number of hydrazone groups is 1. The Labute approximate surface area is 143 Å². The number of alkyl halides is 3. The molecule has 2 aliphatic rings. The molecule has 0 N–H and O–H groups in total. The monoisotopic (exact) mass is 346 g/mol. The van der Waals surface area contributed by atoms with Gasteiger partial charge in [-0.15, -0.1) is 0 Å². The lowest BCUT2D eigenvalue weighted by Crippen LogP contribution is -2.38. The average molecular weight is 346 g/mol. The summed E-state index contributed by atoms with van der Waals surface area (Å²) in [5.41, 5.74) is 1.52. The second-order valence-corrected chi connectivity index (χ2v) is 6.62. The maximum Gasteiger partial charge on any atom is 0.416 e. The van der Waals surface area contributed by atoms with Crippen molar-refractivity contribution in [2.45, 2.75) is 31.2 Å². The second kappa shape index (κ2) is 5.59. The SMILES string of the molecule is C[C@]1([C@H]2CC(c3ccc(C(F)(F)F)cc3)=NN2c2ccccc2)CO1. The van der Waals surface area contributed by atoms with Crippen molar-refractivity contribution in [3.8, 4) is 0 Å². The molecule has 130 valence electrons. The predicted molar refractivity (Wildman–Crippen MR) is 89.7 cm³/mol. The van der Waals surface area contributed by atoms with Gasteiger partial charge in [-0.05, 0) is 36.8 Å². The molecule has 2 aromatic carbocycles. The smallest absolute Gasteiger partial charge is 0.368 e. The summed E-state index contributed by atoms with van der Waals surface area (Å²) < 4.78 is 43.9. The van der Waals surface area contributed by atoms with E-state index < -0.39 is 11.7 Å². The minimum absolute atomic E-state index is 0.0344. The van der Waals surface area contributed by atoms with E-state index in [1.54, 1.807) is 0 Å². The number of nitrogens with zero attached hydrogens (tertiary/aromatic N) is 2. The lowest BCUT2D eigenvalue weighted by molar-refractivity contribution is -0.137. The van der Waals surface area contributed by atoms with Gasteiger partial charge in [-0.1, -0.05) is 30.3 Å². The number of ether oxygens (including phenoxy) is 1. The van der Waals surface area contributed by atoms with E-state index in [0.29, 0.717) is 18.6 Å². The Hall–Kier alpha value is -2.34. The van der Waals surface area contributed by atoms with E-state index in [9.17, 15) is 13.2 Å². The molecule has 0 radical (unpaired) electrons. The summed E-state index contributed by atoms with van der Waals surface area (Å²) >= 11 is 0. The molecule has 2 aliphatic heterocycles. The van der Waals surface area contributed by atoms with Crippen molar-refractivity contribution in [1.29, 1.82) is 0 Å². The van der Waals surface area contributed by atoms with E-state index in [0.717, 1.165) is 23.5 Å². The van der Waals surface area contributed by atoms with Gasteiger partial charge >= 0.3 is 6.18 Å². The molecule has 0 aliphatic carbocycles. The topological polar surface area (TPSA) is 28.1 Å². The van der Waals surface area contributed by atoms with Gasteiger partial charge in [0.1, 0.15) is 5.60 Å². The molecule has 4 rings (SSSR count). The number of epoxide rings is 1. The number of benzene rings is 2. The predicted octanol–water partition coefficient (Wildman–Crippen LogP) is 4.48. The van der Waals surface area contributed by atoms with Gasteiger partial charge < -0.3 is 4.74 Å². The molecule has 0 saturated carbocycles. The van der Waals surface area contributed by atoms with Crippen LogP contribution in [-0.4, -0.2) is 24.0 Å². The molecule has 0 aromatic heterocycles. The molecule has 0 amide bonds. The van der Waals surface area contributed by atoms with E-state index in [2.05, 4.69) is 0 Å². The van der Waals surface area contributed by atoms with E-state index in [4.69, 9.17) is 9.84 Å². The Balaban J connectivity index is 1.66.